The molecule has 0 spiro atoms. The summed E-state index contributed by atoms with van der Waals surface area (Å²) in [6, 6.07) is 6.87. The van der Waals surface area contributed by atoms with Crippen LogP contribution in [0.3, 0.4) is 0 Å². The lowest BCUT2D eigenvalue weighted by Crippen LogP contribution is -2.30. The molecular weight excluding hydrogens is 290 g/mol. The zero-order chi connectivity index (χ0) is 15.6. The highest BCUT2D eigenvalue weighted by molar-refractivity contribution is 7.89. The van der Waals surface area contributed by atoms with Crippen molar-refractivity contribution in [2.45, 2.75) is 31.6 Å². The molecule has 1 aromatic rings. The van der Waals surface area contributed by atoms with Gasteiger partial charge in [0.25, 0.3) is 0 Å². The molecule has 2 atom stereocenters. The molecule has 1 aromatic carbocycles. The second kappa shape index (κ2) is 6.15. The molecule has 1 heterocycles. The molecule has 0 saturated carbocycles. The summed E-state index contributed by atoms with van der Waals surface area (Å²) in [5, 5.41) is 9.11. The van der Waals surface area contributed by atoms with Crippen molar-refractivity contribution in [3.05, 3.63) is 29.8 Å². The molecular formula is C15H21NO4S. The summed E-state index contributed by atoms with van der Waals surface area (Å²) in [6.07, 6.45) is 1.93. The Kier molecular flexibility index (Phi) is 4.68. The van der Waals surface area contributed by atoms with Crippen LogP contribution in [0.5, 0.6) is 0 Å². The van der Waals surface area contributed by atoms with Gasteiger partial charge < -0.3 is 5.11 Å². The van der Waals surface area contributed by atoms with Gasteiger partial charge in [-0.1, -0.05) is 32.4 Å². The van der Waals surface area contributed by atoms with Crippen LogP contribution in [0.15, 0.2) is 29.2 Å². The first-order chi connectivity index (χ1) is 9.86. The summed E-state index contributed by atoms with van der Waals surface area (Å²) in [5.74, 6) is -1.73. The van der Waals surface area contributed by atoms with Crippen LogP contribution in [-0.2, 0) is 21.2 Å². The molecule has 1 saturated heterocycles. The third-order valence-corrected chi connectivity index (χ3v) is 5.84. The highest BCUT2D eigenvalue weighted by Gasteiger charge is 2.40. The second-order valence-corrected chi connectivity index (χ2v) is 7.58. The average molecular weight is 311 g/mol. The Bertz CT molecular complexity index is 609. The van der Waals surface area contributed by atoms with Crippen LogP contribution in [-0.4, -0.2) is 36.9 Å². The summed E-state index contributed by atoms with van der Waals surface area (Å²) < 4.78 is 26.4. The van der Waals surface area contributed by atoms with E-state index in [0.29, 0.717) is 0 Å². The Morgan fingerprint density at radius 2 is 1.90 bits per heavy atom. The molecule has 21 heavy (non-hydrogen) atoms. The number of aryl methyl sites for hydroxylation is 1. The number of nitrogens with zero attached hydrogens (tertiary/aromatic N) is 1. The van der Waals surface area contributed by atoms with Crippen LogP contribution >= 0.6 is 0 Å². The number of rotatable bonds is 5. The van der Waals surface area contributed by atoms with Gasteiger partial charge in [-0.05, 0) is 30.0 Å². The van der Waals surface area contributed by atoms with Gasteiger partial charge >= 0.3 is 5.97 Å². The third-order valence-electron chi connectivity index (χ3n) is 4.00. The SMILES string of the molecule is CCCc1ccc(S(=O)(=O)N2CC(C)C(C(=O)O)C2)cc1. The minimum Gasteiger partial charge on any atom is -0.481 e. The number of hydrogen-bond acceptors (Lipinski definition) is 3. The van der Waals surface area contributed by atoms with Crippen molar-refractivity contribution in [3.63, 3.8) is 0 Å². The predicted octanol–water partition coefficient (Wildman–Crippen LogP) is 1.98. The van der Waals surface area contributed by atoms with E-state index in [2.05, 4.69) is 6.92 Å². The van der Waals surface area contributed by atoms with Crippen LogP contribution in [0.25, 0.3) is 0 Å². The maximum Gasteiger partial charge on any atom is 0.308 e. The van der Waals surface area contributed by atoms with E-state index in [1.165, 1.54) is 4.31 Å². The van der Waals surface area contributed by atoms with E-state index in [1.54, 1.807) is 19.1 Å². The molecule has 0 aromatic heterocycles. The van der Waals surface area contributed by atoms with E-state index in [9.17, 15) is 13.2 Å². The van der Waals surface area contributed by atoms with Gasteiger partial charge in [0, 0.05) is 13.1 Å². The number of benzene rings is 1. The summed E-state index contributed by atoms with van der Waals surface area (Å²) >= 11 is 0. The summed E-state index contributed by atoms with van der Waals surface area (Å²) in [5.41, 5.74) is 1.11. The molecule has 5 nitrogen and oxygen atoms in total. The highest BCUT2D eigenvalue weighted by atomic mass is 32.2. The smallest absolute Gasteiger partial charge is 0.308 e. The Hall–Kier alpha value is -1.40. The molecule has 1 aliphatic heterocycles. The van der Waals surface area contributed by atoms with Gasteiger partial charge in [-0.3, -0.25) is 4.79 Å². The maximum atomic E-state index is 12.6. The minimum absolute atomic E-state index is 0.0511. The number of hydrogen-bond donors (Lipinski definition) is 1. The van der Waals surface area contributed by atoms with Crippen molar-refractivity contribution in [2.75, 3.05) is 13.1 Å². The fourth-order valence-corrected chi connectivity index (χ4v) is 4.27. The lowest BCUT2D eigenvalue weighted by Gasteiger charge is -2.16. The predicted molar refractivity (Wildman–Crippen MR) is 79.5 cm³/mol. The van der Waals surface area contributed by atoms with Crippen molar-refractivity contribution in [1.82, 2.24) is 4.31 Å². The van der Waals surface area contributed by atoms with Crippen molar-refractivity contribution in [2.24, 2.45) is 11.8 Å². The number of aliphatic carboxylic acids is 1. The first-order valence-electron chi connectivity index (χ1n) is 7.18. The number of carbonyl (C=O) groups is 1. The largest absolute Gasteiger partial charge is 0.481 e. The second-order valence-electron chi connectivity index (χ2n) is 5.64. The van der Waals surface area contributed by atoms with Crippen LogP contribution in [0.2, 0.25) is 0 Å². The van der Waals surface area contributed by atoms with Crippen LogP contribution in [0.4, 0.5) is 0 Å². The third kappa shape index (κ3) is 3.27. The van der Waals surface area contributed by atoms with Crippen LogP contribution < -0.4 is 0 Å². The van der Waals surface area contributed by atoms with Gasteiger partial charge in [-0.25, -0.2) is 8.42 Å². The van der Waals surface area contributed by atoms with E-state index in [0.717, 1.165) is 18.4 Å². The van der Waals surface area contributed by atoms with E-state index in [-0.39, 0.29) is 23.9 Å². The van der Waals surface area contributed by atoms with E-state index in [4.69, 9.17) is 5.11 Å². The van der Waals surface area contributed by atoms with Gasteiger partial charge in [-0.2, -0.15) is 4.31 Å². The van der Waals surface area contributed by atoms with Crippen molar-refractivity contribution < 1.29 is 18.3 Å². The molecule has 2 rings (SSSR count). The topological polar surface area (TPSA) is 74.7 Å². The normalized spacial score (nSPS) is 23.3. The molecule has 0 aliphatic carbocycles. The quantitative estimate of drug-likeness (QED) is 0.902. The van der Waals surface area contributed by atoms with Gasteiger partial charge in [-0.15, -0.1) is 0 Å². The van der Waals surface area contributed by atoms with E-state index in [1.807, 2.05) is 12.1 Å². The monoisotopic (exact) mass is 311 g/mol. The van der Waals surface area contributed by atoms with Gasteiger partial charge in [0.15, 0.2) is 0 Å². The Morgan fingerprint density at radius 3 is 2.38 bits per heavy atom. The Balaban J connectivity index is 2.20. The van der Waals surface area contributed by atoms with E-state index >= 15 is 0 Å². The van der Waals surface area contributed by atoms with Gasteiger partial charge in [0.2, 0.25) is 10.0 Å². The fourth-order valence-electron chi connectivity index (χ4n) is 2.71. The zero-order valence-corrected chi connectivity index (χ0v) is 13.1. The molecule has 6 heteroatoms. The first-order valence-corrected chi connectivity index (χ1v) is 8.62. The number of sulfonamides is 1. The molecule has 116 valence electrons. The minimum atomic E-state index is -3.60. The molecule has 1 fully saturated rings. The molecule has 1 aliphatic rings. The van der Waals surface area contributed by atoms with Gasteiger partial charge in [0.1, 0.15) is 0 Å². The Morgan fingerprint density at radius 1 is 1.29 bits per heavy atom. The first kappa shape index (κ1) is 16.0. The standard InChI is InChI=1S/C15H21NO4S/c1-3-4-12-5-7-13(8-6-12)21(19,20)16-9-11(2)14(10-16)15(17)18/h5-8,11,14H,3-4,9-10H2,1-2H3,(H,17,18). The summed E-state index contributed by atoms with van der Waals surface area (Å²) in [6.45, 7) is 4.16. The average Bonchev–Trinajstić information content (AvgIpc) is 2.83. The van der Waals surface area contributed by atoms with Crippen LogP contribution in [0.1, 0.15) is 25.8 Å². The summed E-state index contributed by atoms with van der Waals surface area (Å²) in [7, 11) is -3.60. The molecule has 0 amide bonds. The number of carboxylic acids is 1. The van der Waals surface area contributed by atoms with Crippen molar-refractivity contribution in [1.29, 1.82) is 0 Å². The lowest BCUT2D eigenvalue weighted by atomic mass is 9.99. The molecule has 0 radical (unpaired) electrons. The van der Waals surface area contributed by atoms with Gasteiger partial charge in [0.05, 0.1) is 10.8 Å². The lowest BCUT2D eigenvalue weighted by molar-refractivity contribution is -0.142. The molecule has 1 N–H and O–H groups in total. The number of carboxylic acid groups (broad SMARTS) is 1. The fraction of sp³-hybridized carbons (Fsp3) is 0.533. The molecule has 2 unspecified atom stereocenters. The van der Waals surface area contributed by atoms with Crippen molar-refractivity contribution >= 4 is 16.0 Å². The summed E-state index contributed by atoms with van der Waals surface area (Å²) in [4.78, 5) is 11.4. The van der Waals surface area contributed by atoms with Crippen molar-refractivity contribution in [3.8, 4) is 0 Å². The highest BCUT2D eigenvalue weighted by Crippen LogP contribution is 2.28. The zero-order valence-electron chi connectivity index (χ0n) is 12.3. The van der Waals surface area contributed by atoms with Crippen LogP contribution in [0, 0.1) is 11.8 Å². The van der Waals surface area contributed by atoms with E-state index < -0.39 is 21.9 Å². The Labute approximate surface area is 125 Å². The molecule has 0 bridgehead atoms. The maximum absolute atomic E-state index is 12.6.